The van der Waals surface area contributed by atoms with Crippen molar-refractivity contribution in [3.8, 4) is 0 Å². The summed E-state index contributed by atoms with van der Waals surface area (Å²) in [6.45, 7) is 4.29. The van der Waals surface area contributed by atoms with Gasteiger partial charge in [-0.2, -0.15) is 0 Å². The van der Waals surface area contributed by atoms with Gasteiger partial charge in [-0.1, -0.05) is 269 Å². The number of phosphoric ester groups is 1. The van der Waals surface area contributed by atoms with Gasteiger partial charge in [-0.05, 0) is 122 Å². The number of ether oxygens (including phenoxy) is 2. The highest BCUT2D eigenvalue weighted by Gasteiger charge is 2.27. The first-order valence-electron chi connectivity index (χ1n) is 33.6. The minimum absolute atomic E-state index is 0.0210. The summed E-state index contributed by atoms with van der Waals surface area (Å²) in [4.78, 5) is 35.8. The lowest BCUT2D eigenvalue weighted by atomic mass is 10.0. The quantitative estimate of drug-likeness (QED) is 0.0211. The average molecular weight is 1190 g/mol. The number of nitrogens with zero attached hydrogens (tertiary/aromatic N) is 1. The number of carbonyl (C=O) groups is 2. The number of quaternary nitrogens is 1. The predicted octanol–water partition coefficient (Wildman–Crippen LogP) is 21.8. The highest BCUT2D eigenvalue weighted by Crippen LogP contribution is 2.43. The molecule has 0 saturated heterocycles. The van der Waals surface area contributed by atoms with E-state index in [4.69, 9.17) is 18.5 Å². The zero-order valence-corrected chi connectivity index (χ0v) is 55.2. The number of allylic oxidation sites excluding steroid dienone is 24. The molecule has 1 N–H and O–H groups in total. The number of hydrogen-bond acceptors (Lipinski definition) is 7. The van der Waals surface area contributed by atoms with E-state index in [9.17, 15) is 19.0 Å². The molecule has 2 atom stereocenters. The summed E-state index contributed by atoms with van der Waals surface area (Å²) >= 11 is 0. The van der Waals surface area contributed by atoms with E-state index < -0.39 is 26.5 Å². The molecular formula is C74H125NO8P+. The highest BCUT2D eigenvalue weighted by atomic mass is 31.2. The lowest BCUT2D eigenvalue weighted by Crippen LogP contribution is -2.37. The standard InChI is InChI=1S/C74H124NO8P/c1-6-8-10-12-14-16-18-20-22-24-26-28-30-31-32-33-34-35-36-37-38-39-40-41-42-43-45-47-49-51-53-55-57-59-61-63-65-67-74(77)83-72(71-82-84(78,79)81-69-68-75(3,4)5)70-80-73(76)66-64-62-60-58-56-54-52-50-48-46-44-29-27-25-23-21-19-17-15-13-11-9-7-2/h8,10,14,16,19-22,25-28,31-32,34-35,37-38,40-41,43,45,49,51,72H,6-7,9,11-13,15,17-18,23-24,29-30,33,36,39,42,44,46-48,50,52-71H2,1-5H3/p+1/b10-8-,16-14-,21-19-,22-20-,27-25-,28-26-,32-31-,35-34-,38-37-,41-40-,45-43-,51-49-. The maximum absolute atomic E-state index is 12.9. The highest BCUT2D eigenvalue weighted by molar-refractivity contribution is 7.47. The van der Waals surface area contributed by atoms with E-state index in [1.165, 1.54) is 96.3 Å². The number of rotatable bonds is 60. The Kier molecular flexibility index (Phi) is 60.3. The zero-order valence-electron chi connectivity index (χ0n) is 54.3. The molecule has 0 aliphatic rings. The van der Waals surface area contributed by atoms with Crippen LogP contribution in [0.15, 0.2) is 146 Å². The normalized spacial score (nSPS) is 14.1. The second-order valence-corrected chi connectivity index (χ2v) is 24.6. The fourth-order valence-electron chi connectivity index (χ4n) is 8.72. The minimum Gasteiger partial charge on any atom is -0.462 e. The SMILES string of the molecule is CC/C=C\C/C=C\C/C=C\C/C=C\C/C=C\C/C=C\C/C=C\C/C=C\C/C=C\C/C=C\CCCCCCCCC(=O)OC(COC(=O)CCCCCCCCCCCCC/C=C\C/C=C\CCCCCCC)COP(=O)(O)OCC[N+](C)(C)C. The molecule has 0 spiro atoms. The molecule has 9 nitrogen and oxygen atoms in total. The van der Waals surface area contributed by atoms with Crippen molar-refractivity contribution in [2.45, 2.75) is 264 Å². The molecule has 0 aromatic heterocycles. The predicted molar refractivity (Wildman–Crippen MR) is 362 cm³/mol. The van der Waals surface area contributed by atoms with Gasteiger partial charge in [0.15, 0.2) is 6.10 Å². The molecule has 0 rings (SSSR count). The van der Waals surface area contributed by atoms with E-state index in [1.807, 2.05) is 21.1 Å². The summed E-state index contributed by atoms with van der Waals surface area (Å²) in [6.07, 6.45) is 93.6. The molecule has 10 heteroatoms. The second-order valence-electron chi connectivity index (χ2n) is 23.1. The van der Waals surface area contributed by atoms with E-state index in [1.54, 1.807) is 0 Å². The van der Waals surface area contributed by atoms with Crippen LogP contribution in [-0.2, 0) is 32.7 Å². The first kappa shape index (κ1) is 79.9. The Morgan fingerprint density at radius 3 is 1.01 bits per heavy atom. The molecule has 478 valence electrons. The van der Waals surface area contributed by atoms with Crippen LogP contribution < -0.4 is 0 Å². The van der Waals surface area contributed by atoms with Crippen molar-refractivity contribution in [2.24, 2.45) is 0 Å². The Morgan fingerprint density at radius 1 is 0.381 bits per heavy atom. The van der Waals surface area contributed by atoms with E-state index in [-0.39, 0.29) is 32.0 Å². The van der Waals surface area contributed by atoms with Crippen LogP contribution in [0.5, 0.6) is 0 Å². The van der Waals surface area contributed by atoms with Crippen molar-refractivity contribution in [1.82, 2.24) is 0 Å². The summed E-state index contributed by atoms with van der Waals surface area (Å²) in [6, 6.07) is 0. The van der Waals surface area contributed by atoms with Crippen LogP contribution >= 0.6 is 7.82 Å². The van der Waals surface area contributed by atoms with Crippen LogP contribution in [0.2, 0.25) is 0 Å². The number of hydrogen-bond donors (Lipinski definition) is 1. The van der Waals surface area contributed by atoms with Crippen LogP contribution in [0, 0.1) is 0 Å². The largest absolute Gasteiger partial charge is 0.472 e. The molecule has 0 amide bonds. The van der Waals surface area contributed by atoms with Crippen molar-refractivity contribution >= 4 is 19.8 Å². The zero-order chi connectivity index (χ0) is 61.2. The van der Waals surface area contributed by atoms with Gasteiger partial charge in [-0.15, -0.1) is 0 Å². The Hall–Kier alpha value is -4.11. The molecule has 0 fully saturated rings. The summed E-state index contributed by atoms with van der Waals surface area (Å²) in [5.74, 6) is -0.822. The maximum atomic E-state index is 12.9. The third kappa shape index (κ3) is 67.0. The Bertz CT molecular complexity index is 1930. The van der Waals surface area contributed by atoms with Gasteiger partial charge in [0.2, 0.25) is 0 Å². The van der Waals surface area contributed by atoms with E-state index in [2.05, 4.69) is 160 Å². The third-order valence-electron chi connectivity index (χ3n) is 13.9. The number of unbranched alkanes of at least 4 members (excludes halogenated alkanes) is 22. The molecule has 0 heterocycles. The molecule has 0 radical (unpaired) electrons. The number of esters is 2. The molecule has 0 saturated carbocycles. The van der Waals surface area contributed by atoms with Gasteiger partial charge in [-0.25, -0.2) is 4.57 Å². The molecule has 0 aromatic rings. The minimum atomic E-state index is -4.41. The summed E-state index contributed by atoms with van der Waals surface area (Å²) < 4.78 is 34.7. The van der Waals surface area contributed by atoms with E-state index in [0.29, 0.717) is 17.4 Å². The average Bonchev–Trinajstić information content (AvgIpc) is 3.61. The fraction of sp³-hybridized carbons (Fsp3) is 0.649. The van der Waals surface area contributed by atoms with Crippen LogP contribution in [-0.4, -0.2) is 74.9 Å². The lowest BCUT2D eigenvalue weighted by molar-refractivity contribution is -0.870. The van der Waals surface area contributed by atoms with Gasteiger partial charge >= 0.3 is 19.8 Å². The summed E-state index contributed by atoms with van der Waals surface area (Å²) in [5.41, 5.74) is 0. The number of carbonyl (C=O) groups excluding carboxylic acids is 2. The second kappa shape index (κ2) is 63.4. The smallest absolute Gasteiger partial charge is 0.462 e. The van der Waals surface area contributed by atoms with Crippen LogP contribution in [0.4, 0.5) is 0 Å². The van der Waals surface area contributed by atoms with Crippen molar-refractivity contribution in [3.05, 3.63) is 146 Å². The summed E-state index contributed by atoms with van der Waals surface area (Å²) in [7, 11) is 1.45. The van der Waals surface area contributed by atoms with Crippen LogP contribution in [0.1, 0.15) is 258 Å². The van der Waals surface area contributed by atoms with Crippen molar-refractivity contribution in [1.29, 1.82) is 0 Å². The molecule has 0 aliphatic carbocycles. The van der Waals surface area contributed by atoms with Gasteiger partial charge in [0, 0.05) is 12.8 Å². The van der Waals surface area contributed by atoms with Crippen molar-refractivity contribution < 1.29 is 42.1 Å². The van der Waals surface area contributed by atoms with Gasteiger partial charge in [0.1, 0.15) is 19.8 Å². The molecule has 2 unspecified atom stereocenters. The molecule has 0 aliphatic heterocycles. The van der Waals surface area contributed by atoms with Gasteiger partial charge in [0.25, 0.3) is 0 Å². The first-order chi connectivity index (χ1) is 41.0. The van der Waals surface area contributed by atoms with Crippen molar-refractivity contribution in [3.63, 3.8) is 0 Å². The van der Waals surface area contributed by atoms with E-state index in [0.717, 1.165) is 128 Å². The maximum Gasteiger partial charge on any atom is 0.472 e. The van der Waals surface area contributed by atoms with Gasteiger partial charge in [-0.3, -0.25) is 18.6 Å². The Balaban J connectivity index is 4.18. The molecular weight excluding hydrogens is 1060 g/mol. The summed E-state index contributed by atoms with van der Waals surface area (Å²) in [5, 5.41) is 0. The van der Waals surface area contributed by atoms with Crippen LogP contribution in [0.25, 0.3) is 0 Å². The van der Waals surface area contributed by atoms with Gasteiger partial charge < -0.3 is 18.9 Å². The lowest BCUT2D eigenvalue weighted by Gasteiger charge is -2.24. The first-order valence-corrected chi connectivity index (χ1v) is 35.1. The number of phosphoric acid groups is 1. The number of likely N-dealkylation sites (N-methyl/N-ethyl adjacent to an activating group) is 1. The molecule has 0 aromatic carbocycles. The molecule has 84 heavy (non-hydrogen) atoms. The van der Waals surface area contributed by atoms with E-state index >= 15 is 0 Å². The van der Waals surface area contributed by atoms with Crippen molar-refractivity contribution in [2.75, 3.05) is 47.5 Å². The van der Waals surface area contributed by atoms with Gasteiger partial charge in [0.05, 0.1) is 27.7 Å². The molecule has 0 bridgehead atoms. The fourth-order valence-corrected chi connectivity index (χ4v) is 9.46. The van der Waals surface area contributed by atoms with Crippen LogP contribution in [0.3, 0.4) is 0 Å². The Morgan fingerprint density at radius 2 is 0.679 bits per heavy atom. The monoisotopic (exact) mass is 1190 g/mol. The topological polar surface area (TPSA) is 108 Å². The Labute approximate surface area is 516 Å². The third-order valence-corrected chi connectivity index (χ3v) is 14.8.